The monoisotopic (exact) mass is 683 g/mol. The molecule has 260 valence electrons. The fourth-order valence-corrected chi connectivity index (χ4v) is 6.60. The minimum atomic E-state index is -4.09. The summed E-state index contributed by atoms with van der Waals surface area (Å²) in [5, 5.41) is 10.2. The lowest BCUT2D eigenvalue weighted by atomic mass is 10.0. The number of amides is 2. The van der Waals surface area contributed by atoms with Crippen molar-refractivity contribution in [1.82, 2.24) is 9.80 Å². The van der Waals surface area contributed by atoms with E-state index in [1.54, 1.807) is 24.9 Å². The molecular weight excluding hydrogens is 637 g/mol. The highest BCUT2D eigenvalue weighted by Crippen LogP contribution is 2.29. The molecule has 0 spiro atoms. The Labute approximate surface area is 282 Å². The molecule has 0 unspecified atom stereocenters. The minimum absolute atomic E-state index is 0.0522. The predicted octanol–water partition coefficient (Wildman–Crippen LogP) is 5.12. The van der Waals surface area contributed by atoms with Gasteiger partial charge in [0.1, 0.15) is 11.6 Å². The Morgan fingerprint density at radius 2 is 1.79 bits per heavy atom. The molecule has 2 amide bonds. The summed E-state index contributed by atoms with van der Waals surface area (Å²) in [4.78, 5) is 30.5. The van der Waals surface area contributed by atoms with Crippen LogP contribution in [-0.4, -0.2) is 86.7 Å². The number of nitrogens with one attached hydrogen (secondary N) is 1. The Kier molecular flexibility index (Phi) is 13.0. The minimum Gasteiger partial charge on any atom is -0.490 e. The number of hydrogen-bond acceptors (Lipinski definition) is 7. The van der Waals surface area contributed by atoms with Crippen molar-refractivity contribution in [3.8, 4) is 5.75 Å². The number of halogens is 1. The molecule has 0 fully saturated rings. The van der Waals surface area contributed by atoms with E-state index < -0.39 is 33.9 Å². The van der Waals surface area contributed by atoms with E-state index in [1.807, 2.05) is 44.2 Å². The number of aliphatic hydroxyl groups excluding tert-OH is 1. The number of aliphatic hydroxyl groups is 1. The Morgan fingerprint density at radius 3 is 2.48 bits per heavy atom. The molecule has 10 nitrogen and oxygen atoms in total. The zero-order valence-corrected chi connectivity index (χ0v) is 28.8. The summed E-state index contributed by atoms with van der Waals surface area (Å²) in [5.41, 5.74) is 1.16. The van der Waals surface area contributed by atoms with Crippen molar-refractivity contribution in [1.29, 1.82) is 0 Å². The maximum atomic E-state index is 14.3. The van der Waals surface area contributed by atoms with Crippen LogP contribution in [0.4, 0.5) is 10.1 Å². The Hall–Kier alpha value is -4.00. The van der Waals surface area contributed by atoms with Gasteiger partial charge >= 0.3 is 0 Å². The number of likely N-dealkylation sites (N-methyl/N-ethyl adjacent to an activating group) is 1. The summed E-state index contributed by atoms with van der Waals surface area (Å²) in [6, 6.07) is 17.8. The van der Waals surface area contributed by atoms with Crippen LogP contribution >= 0.6 is 0 Å². The lowest BCUT2D eigenvalue weighted by Gasteiger charge is -2.36. The zero-order chi connectivity index (χ0) is 34.8. The first-order chi connectivity index (χ1) is 22.9. The summed E-state index contributed by atoms with van der Waals surface area (Å²) in [6.45, 7) is 6.23. The van der Waals surface area contributed by atoms with E-state index in [1.165, 1.54) is 17.0 Å². The number of hydrogen-bond donors (Lipinski definition) is 2. The molecular formula is C36H46FN3O7S. The lowest BCUT2D eigenvalue weighted by molar-refractivity contribution is -0.131. The molecule has 1 aliphatic heterocycles. The first kappa shape index (κ1) is 36.8. The first-order valence-corrected chi connectivity index (χ1v) is 17.8. The number of anilines is 1. The normalized spacial score (nSPS) is 20.2. The average Bonchev–Trinajstić information content (AvgIpc) is 3.06. The Bertz CT molecular complexity index is 1620. The largest absolute Gasteiger partial charge is 0.490 e. The zero-order valence-electron chi connectivity index (χ0n) is 28.0. The molecule has 1 aliphatic rings. The van der Waals surface area contributed by atoms with Crippen LogP contribution in [0.2, 0.25) is 0 Å². The second-order valence-corrected chi connectivity index (χ2v) is 14.2. The number of rotatable bonds is 9. The molecule has 0 saturated heterocycles. The van der Waals surface area contributed by atoms with E-state index in [4.69, 9.17) is 9.47 Å². The third-order valence-electron chi connectivity index (χ3n) is 8.51. The molecule has 4 rings (SSSR count). The molecule has 0 radical (unpaired) electrons. The van der Waals surface area contributed by atoms with Gasteiger partial charge in [0.2, 0.25) is 5.91 Å². The van der Waals surface area contributed by atoms with Crippen LogP contribution in [0.5, 0.6) is 5.75 Å². The summed E-state index contributed by atoms with van der Waals surface area (Å²) >= 11 is 0. The van der Waals surface area contributed by atoms with Gasteiger partial charge in [-0.3, -0.25) is 14.3 Å². The number of fused-ring (bicyclic) bond motifs is 1. The van der Waals surface area contributed by atoms with Crippen LogP contribution in [0.1, 0.15) is 56.0 Å². The van der Waals surface area contributed by atoms with Gasteiger partial charge in [-0.25, -0.2) is 12.8 Å². The van der Waals surface area contributed by atoms with E-state index in [0.717, 1.165) is 42.7 Å². The number of carbonyl (C=O) groups excluding carboxylic acids is 2. The van der Waals surface area contributed by atoms with Gasteiger partial charge < -0.3 is 24.4 Å². The second-order valence-electron chi connectivity index (χ2n) is 12.5. The SMILES string of the molecule is C[C@@H]1CCCCO[C@@H](CN(C)C(=O)Cc2ccccc2)[C@H](C)CN([C@H](C)CO)C(=O)c2cc(NS(=O)(=O)c3ccc(F)cc3)ccc2O1. The van der Waals surface area contributed by atoms with Gasteiger partial charge in [0.25, 0.3) is 15.9 Å². The first-order valence-electron chi connectivity index (χ1n) is 16.3. The summed E-state index contributed by atoms with van der Waals surface area (Å²) in [7, 11) is -2.35. The maximum Gasteiger partial charge on any atom is 0.261 e. The van der Waals surface area contributed by atoms with Gasteiger partial charge in [-0.05, 0) is 81.1 Å². The second kappa shape index (κ2) is 16.9. The van der Waals surface area contributed by atoms with E-state index in [0.29, 0.717) is 19.6 Å². The molecule has 0 aliphatic carbocycles. The highest BCUT2D eigenvalue weighted by Gasteiger charge is 2.31. The number of nitrogens with zero attached hydrogens (tertiary/aromatic N) is 2. The fourth-order valence-electron chi connectivity index (χ4n) is 5.55. The van der Waals surface area contributed by atoms with E-state index in [-0.39, 0.29) is 59.4 Å². The van der Waals surface area contributed by atoms with E-state index in [2.05, 4.69) is 4.72 Å². The molecule has 1 heterocycles. The smallest absolute Gasteiger partial charge is 0.261 e. The van der Waals surface area contributed by atoms with E-state index in [9.17, 15) is 27.5 Å². The van der Waals surface area contributed by atoms with Crippen molar-refractivity contribution in [2.24, 2.45) is 5.92 Å². The third kappa shape index (κ3) is 10.0. The van der Waals surface area contributed by atoms with Gasteiger partial charge in [0.05, 0.1) is 41.7 Å². The molecule has 0 saturated carbocycles. The van der Waals surface area contributed by atoms with Crippen LogP contribution in [-0.2, 0) is 26.0 Å². The van der Waals surface area contributed by atoms with Crippen molar-refractivity contribution < 1.29 is 37.0 Å². The molecule has 0 aromatic heterocycles. The topological polar surface area (TPSA) is 125 Å². The number of carbonyl (C=O) groups is 2. The van der Waals surface area contributed by atoms with Crippen molar-refractivity contribution >= 4 is 27.5 Å². The highest BCUT2D eigenvalue weighted by atomic mass is 32.2. The van der Waals surface area contributed by atoms with Crippen molar-refractivity contribution in [2.45, 2.75) is 69.6 Å². The van der Waals surface area contributed by atoms with Crippen molar-refractivity contribution in [3.05, 3.63) is 89.7 Å². The van der Waals surface area contributed by atoms with Gasteiger partial charge in [-0.2, -0.15) is 0 Å². The fraction of sp³-hybridized carbons (Fsp3) is 0.444. The molecule has 2 N–H and O–H groups in total. The third-order valence-corrected chi connectivity index (χ3v) is 9.90. The van der Waals surface area contributed by atoms with E-state index >= 15 is 0 Å². The molecule has 12 heteroatoms. The van der Waals surface area contributed by atoms with Crippen LogP contribution in [0.25, 0.3) is 0 Å². The maximum absolute atomic E-state index is 14.3. The van der Waals surface area contributed by atoms with Gasteiger partial charge in [-0.1, -0.05) is 37.3 Å². The molecule has 4 atom stereocenters. The number of benzene rings is 3. The quantitative estimate of drug-likeness (QED) is 0.321. The van der Waals surface area contributed by atoms with Crippen LogP contribution in [0, 0.1) is 11.7 Å². The van der Waals surface area contributed by atoms with Gasteiger partial charge in [-0.15, -0.1) is 0 Å². The standard InChI is InChI=1S/C36H46FN3O7S/c1-25-22-40(26(2)24-41)36(43)32-21-30(38-48(44,45)31-16-13-29(37)14-17-31)15-18-33(32)47-27(3)10-8-9-19-46-34(25)23-39(4)35(42)20-28-11-6-5-7-12-28/h5-7,11-18,21,25-27,34,38,41H,8-10,19-20,22-24H2,1-4H3/t25-,26-,27-,34+/m1/s1. The molecule has 48 heavy (non-hydrogen) atoms. The summed E-state index contributed by atoms with van der Waals surface area (Å²) < 4.78 is 54.7. The van der Waals surface area contributed by atoms with Crippen molar-refractivity contribution in [2.75, 3.05) is 38.1 Å². The number of ether oxygens (including phenoxy) is 2. The summed E-state index contributed by atoms with van der Waals surface area (Å²) in [6.07, 6.45) is 1.85. The summed E-state index contributed by atoms with van der Waals surface area (Å²) in [5.74, 6) is -1.04. The lowest BCUT2D eigenvalue weighted by Crippen LogP contribution is -2.48. The van der Waals surface area contributed by atoms with Crippen LogP contribution < -0.4 is 9.46 Å². The van der Waals surface area contributed by atoms with Crippen LogP contribution in [0.3, 0.4) is 0 Å². The van der Waals surface area contributed by atoms with Crippen molar-refractivity contribution in [3.63, 3.8) is 0 Å². The molecule has 0 bridgehead atoms. The van der Waals surface area contributed by atoms with Crippen LogP contribution in [0.15, 0.2) is 77.7 Å². The van der Waals surface area contributed by atoms with Gasteiger partial charge in [0, 0.05) is 38.3 Å². The molecule has 3 aromatic carbocycles. The molecule has 3 aromatic rings. The van der Waals surface area contributed by atoms with Gasteiger partial charge in [0.15, 0.2) is 0 Å². The average molecular weight is 684 g/mol. The Balaban J connectivity index is 1.63. The Morgan fingerprint density at radius 1 is 1.08 bits per heavy atom. The number of sulfonamides is 1. The highest BCUT2D eigenvalue weighted by molar-refractivity contribution is 7.92. The predicted molar refractivity (Wildman–Crippen MR) is 182 cm³/mol.